The lowest BCUT2D eigenvalue weighted by Crippen LogP contribution is -2.30. The Hall–Kier alpha value is -2.12. The summed E-state index contributed by atoms with van der Waals surface area (Å²) in [5, 5.41) is 0.121. The van der Waals surface area contributed by atoms with Gasteiger partial charge in [-0.2, -0.15) is 0 Å². The highest BCUT2D eigenvalue weighted by atomic mass is 35.5. The van der Waals surface area contributed by atoms with Gasteiger partial charge in [-0.1, -0.05) is 54.8 Å². The van der Waals surface area contributed by atoms with Gasteiger partial charge in [-0.3, -0.25) is 0 Å². The molecule has 0 N–H and O–H groups in total. The van der Waals surface area contributed by atoms with Gasteiger partial charge in [0.25, 0.3) is 0 Å². The molecule has 0 aliphatic carbocycles. The van der Waals surface area contributed by atoms with Crippen LogP contribution in [0, 0.1) is 23.6 Å². The zero-order valence-electron chi connectivity index (χ0n) is 14.5. The summed E-state index contributed by atoms with van der Waals surface area (Å²) in [4.78, 5) is 0. The molecule has 0 saturated carbocycles. The van der Waals surface area contributed by atoms with Gasteiger partial charge >= 0.3 is 0 Å². The van der Waals surface area contributed by atoms with Crippen LogP contribution >= 0.6 is 11.6 Å². The second-order valence-corrected chi connectivity index (χ2v) is 6.48. The van der Waals surface area contributed by atoms with Crippen LogP contribution in [0.2, 0.25) is 5.02 Å². The second kappa shape index (κ2) is 9.00. The molecule has 0 atom stereocenters. The lowest BCUT2D eigenvalue weighted by atomic mass is 10.0. The second-order valence-electron chi connectivity index (χ2n) is 6.07. The maximum Gasteiger partial charge on any atom is 0.222 e. The number of hydrogen-bond acceptors (Lipinski definition) is 2. The molecular weight excluding hydrogens is 351 g/mol. The molecule has 2 aromatic rings. The largest absolute Gasteiger partial charge is 0.341 e. The summed E-state index contributed by atoms with van der Waals surface area (Å²) in [7, 11) is 0. The fourth-order valence-corrected chi connectivity index (χ4v) is 2.72. The summed E-state index contributed by atoms with van der Waals surface area (Å²) < 4.78 is 24.8. The van der Waals surface area contributed by atoms with Crippen LogP contribution in [-0.2, 0) is 9.47 Å². The average Bonchev–Trinajstić information content (AvgIpc) is 2.68. The first kappa shape index (κ1) is 18.7. The Morgan fingerprint density at radius 1 is 1.12 bits per heavy atom. The van der Waals surface area contributed by atoms with Gasteiger partial charge in [0, 0.05) is 11.5 Å². The highest BCUT2D eigenvalue weighted by molar-refractivity contribution is 6.30. The van der Waals surface area contributed by atoms with Crippen LogP contribution < -0.4 is 0 Å². The molecule has 2 nitrogen and oxygen atoms in total. The molecule has 1 fully saturated rings. The van der Waals surface area contributed by atoms with E-state index in [2.05, 4.69) is 30.9 Å². The quantitative estimate of drug-likeness (QED) is 0.528. The Morgan fingerprint density at radius 3 is 2.46 bits per heavy atom. The Balaban J connectivity index is 1.61. The average molecular weight is 371 g/mol. The highest BCUT2D eigenvalue weighted by Crippen LogP contribution is 2.24. The van der Waals surface area contributed by atoms with Crippen LogP contribution in [0.3, 0.4) is 0 Å². The molecule has 1 aliphatic rings. The molecule has 26 heavy (non-hydrogen) atoms. The third-order valence-electron chi connectivity index (χ3n) is 4.04. The molecular formula is C22H20ClFO2. The van der Waals surface area contributed by atoms with Gasteiger partial charge in [0.05, 0.1) is 18.2 Å². The lowest BCUT2D eigenvalue weighted by Gasteiger charge is -2.24. The van der Waals surface area contributed by atoms with Gasteiger partial charge in [-0.05, 0) is 47.7 Å². The molecule has 4 heteroatoms. The molecule has 3 rings (SSSR count). The van der Waals surface area contributed by atoms with E-state index in [1.807, 2.05) is 24.3 Å². The predicted molar refractivity (Wildman–Crippen MR) is 102 cm³/mol. The molecule has 0 aromatic heterocycles. The zero-order chi connectivity index (χ0) is 18.4. The molecule has 0 amide bonds. The van der Waals surface area contributed by atoms with Crippen molar-refractivity contribution in [1.29, 1.82) is 0 Å². The minimum Gasteiger partial charge on any atom is -0.341 e. The molecule has 1 saturated heterocycles. The zero-order valence-corrected chi connectivity index (χ0v) is 15.3. The van der Waals surface area contributed by atoms with E-state index in [0.29, 0.717) is 19.1 Å². The maximum atomic E-state index is 13.6. The summed E-state index contributed by atoms with van der Waals surface area (Å²) in [6.45, 7) is 3.35. The van der Waals surface area contributed by atoms with Gasteiger partial charge < -0.3 is 9.47 Å². The van der Waals surface area contributed by atoms with Gasteiger partial charge in [0.2, 0.25) is 6.29 Å². The fourth-order valence-electron chi connectivity index (χ4n) is 2.61. The summed E-state index contributed by atoms with van der Waals surface area (Å²) in [6.07, 6.45) is 4.77. The van der Waals surface area contributed by atoms with E-state index in [-0.39, 0.29) is 5.02 Å². The van der Waals surface area contributed by atoms with Crippen molar-refractivity contribution < 1.29 is 13.9 Å². The van der Waals surface area contributed by atoms with E-state index in [4.69, 9.17) is 21.1 Å². The number of rotatable bonds is 3. The molecule has 134 valence electrons. The molecule has 0 bridgehead atoms. The first-order chi connectivity index (χ1) is 12.7. The summed E-state index contributed by atoms with van der Waals surface area (Å²) in [5.41, 5.74) is 2.53. The minimum absolute atomic E-state index is 0.121. The summed E-state index contributed by atoms with van der Waals surface area (Å²) in [5.74, 6) is 5.93. The Labute approximate surface area is 158 Å². The van der Waals surface area contributed by atoms with Gasteiger partial charge in [0.15, 0.2) is 0 Å². The summed E-state index contributed by atoms with van der Waals surface area (Å²) >= 11 is 5.72. The van der Waals surface area contributed by atoms with Crippen LogP contribution in [0.1, 0.15) is 18.9 Å². The monoisotopic (exact) mass is 370 g/mol. The highest BCUT2D eigenvalue weighted by Gasteiger charge is 2.18. The molecule has 1 aliphatic heterocycles. The van der Waals surface area contributed by atoms with Crippen LogP contribution in [0.15, 0.2) is 54.6 Å². The fraction of sp³-hybridized carbons (Fsp3) is 0.273. The van der Waals surface area contributed by atoms with E-state index in [9.17, 15) is 4.39 Å². The van der Waals surface area contributed by atoms with E-state index >= 15 is 0 Å². The number of hydrogen-bond donors (Lipinski definition) is 0. The number of halogens is 2. The van der Waals surface area contributed by atoms with Crippen molar-refractivity contribution in [3.8, 4) is 23.0 Å². The van der Waals surface area contributed by atoms with Crippen LogP contribution in [0.5, 0.6) is 0 Å². The Kier molecular flexibility index (Phi) is 6.46. The Morgan fingerprint density at radius 2 is 1.81 bits per heavy atom. The summed E-state index contributed by atoms with van der Waals surface area (Å²) in [6, 6.07) is 12.4. The smallest absolute Gasteiger partial charge is 0.222 e. The number of ether oxygens (including phenoxy) is 2. The van der Waals surface area contributed by atoms with E-state index < -0.39 is 12.1 Å². The molecule has 0 radical (unpaired) electrons. The molecule has 0 unspecified atom stereocenters. The standard InChI is InChI=1S/C22H20ClFO2/c1-2-3-4-17-14-25-22(26-15-17)12-7-16-5-8-18(9-6-16)19-10-11-20(23)21(24)13-19/h3-6,8-11,13,17,22H,2,14-15H2,1H3/t17-,22-. The van der Waals surface area contributed by atoms with Gasteiger partial charge in [0.1, 0.15) is 5.82 Å². The van der Waals surface area contributed by atoms with Crippen molar-refractivity contribution in [2.75, 3.05) is 13.2 Å². The topological polar surface area (TPSA) is 18.5 Å². The van der Waals surface area contributed by atoms with E-state index in [1.54, 1.807) is 12.1 Å². The van der Waals surface area contributed by atoms with Crippen LogP contribution in [0.4, 0.5) is 4.39 Å². The normalized spacial score (nSPS) is 20.0. The first-order valence-electron chi connectivity index (χ1n) is 8.62. The third-order valence-corrected chi connectivity index (χ3v) is 4.35. The molecule has 0 spiro atoms. The number of benzene rings is 2. The van der Waals surface area contributed by atoms with E-state index in [0.717, 1.165) is 23.1 Å². The SMILES string of the molecule is CCC=C[C@H]1CO[C@H](C#Cc2ccc(-c3ccc(Cl)c(F)c3)cc2)OC1. The number of allylic oxidation sites excluding steroid dienone is 1. The van der Waals surface area contributed by atoms with Gasteiger partial charge in [-0.25, -0.2) is 4.39 Å². The van der Waals surface area contributed by atoms with Crippen LogP contribution in [0.25, 0.3) is 11.1 Å². The van der Waals surface area contributed by atoms with Crippen molar-refractivity contribution >= 4 is 11.6 Å². The maximum absolute atomic E-state index is 13.6. The van der Waals surface area contributed by atoms with Crippen molar-refractivity contribution in [2.45, 2.75) is 19.6 Å². The predicted octanol–water partition coefficient (Wildman–Crippen LogP) is 5.45. The Bertz CT molecular complexity index is 825. The third kappa shape index (κ3) is 4.95. The van der Waals surface area contributed by atoms with Crippen LogP contribution in [-0.4, -0.2) is 19.5 Å². The van der Waals surface area contributed by atoms with Crippen molar-refractivity contribution in [3.63, 3.8) is 0 Å². The minimum atomic E-state index is -0.494. The molecule has 1 heterocycles. The first-order valence-corrected chi connectivity index (χ1v) is 9.00. The molecule has 2 aromatic carbocycles. The lowest BCUT2D eigenvalue weighted by molar-refractivity contribution is -0.160. The van der Waals surface area contributed by atoms with Crippen molar-refractivity contribution in [3.05, 3.63) is 71.0 Å². The van der Waals surface area contributed by atoms with Crippen molar-refractivity contribution in [1.82, 2.24) is 0 Å². The van der Waals surface area contributed by atoms with E-state index in [1.165, 1.54) is 6.07 Å². The van der Waals surface area contributed by atoms with Crippen molar-refractivity contribution in [2.24, 2.45) is 5.92 Å². The van der Waals surface area contributed by atoms with Gasteiger partial charge in [-0.15, -0.1) is 0 Å².